The Morgan fingerprint density at radius 2 is 2.44 bits per heavy atom. The van der Waals surface area contributed by atoms with E-state index in [4.69, 9.17) is 5.26 Å². The summed E-state index contributed by atoms with van der Waals surface area (Å²) in [5.74, 6) is 1.12. The highest BCUT2D eigenvalue weighted by Gasteiger charge is 1.96. The Hall–Kier alpha value is -0.360. The second-order valence-electron chi connectivity index (χ2n) is 1.94. The lowest BCUT2D eigenvalue weighted by Gasteiger charge is -2.05. The van der Waals surface area contributed by atoms with Crippen molar-refractivity contribution in [1.82, 2.24) is 5.32 Å². The van der Waals surface area contributed by atoms with Crippen LogP contribution in [0.2, 0.25) is 0 Å². The molecule has 0 spiro atoms. The Labute approximate surface area is 60.6 Å². The number of nitriles is 1. The Kier molecular flexibility index (Phi) is 5.54. The Bertz CT molecular complexity index is 97.7. The van der Waals surface area contributed by atoms with Crippen molar-refractivity contribution < 1.29 is 0 Å². The molecule has 0 saturated heterocycles. The highest BCUT2D eigenvalue weighted by Crippen LogP contribution is 1.98. The van der Waals surface area contributed by atoms with Crippen LogP contribution in [0.3, 0.4) is 0 Å². The zero-order chi connectivity index (χ0) is 7.11. The van der Waals surface area contributed by atoms with Gasteiger partial charge in [0.15, 0.2) is 6.19 Å². The molecule has 1 unspecified atom stereocenters. The van der Waals surface area contributed by atoms with Gasteiger partial charge >= 0.3 is 0 Å². The Morgan fingerprint density at radius 1 is 1.78 bits per heavy atom. The van der Waals surface area contributed by atoms with Crippen LogP contribution in [0.15, 0.2) is 0 Å². The van der Waals surface area contributed by atoms with Crippen molar-refractivity contribution in [3.8, 4) is 6.19 Å². The lowest BCUT2D eigenvalue weighted by atomic mass is 10.3. The van der Waals surface area contributed by atoms with Gasteiger partial charge in [0.05, 0.1) is 0 Å². The molecule has 0 fully saturated rings. The SMILES string of the molecule is CSCCC(C)NC#N. The maximum absolute atomic E-state index is 8.17. The maximum atomic E-state index is 8.17. The van der Waals surface area contributed by atoms with Crippen LogP contribution >= 0.6 is 11.8 Å². The van der Waals surface area contributed by atoms with Gasteiger partial charge in [0.1, 0.15) is 0 Å². The van der Waals surface area contributed by atoms with Gasteiger partial charge in [0, 0.05) is 6.04 Å². The van der Waals surface area contributed by atoms with Gasteiger partial charge in [0.25, 0.3) is 0 Å². The molecular weight excluding hydrogens is 132 g/mol. The maximum Gasteiger partial charge on any atom is 0.176 e. The summed E-state index contributed by atoms with van der Waals surface area (Å²) in [7, 11) is 0. The van der Waals surface area contributed by atoms with Gasteiger partial charge in [-0.2, -0.15) is 17.0 Å². The molecule has 0 aliphatic carbocycles. The Morgan fingerprint density at radius 3 is 2.89 bits per heavy atom. The van der Waals surface area contributed by atoms with E-state index in [1.165, 1.54) is 0 Å². The molecule has 0 aliphatic heterocycles. The second kappa shape index (κ2) is 5.77. The molecule has 0 radical (unpaired) electrons. The number of nitrogens with one attached hydrogen (secondary N) is 1. The van der Waals surface area contributed by atoms with Crippen LogP contribution in [0.5, 0.6) is 0 Å². The summed E-state index contributed by atoms with van der Waals surface area (Å²) in [6.07, 6.45) is 5.05. The van der Waals surface area contributed by atoms with E-state index in [2.05, 4.69) is 11.6 Å². The minimum absolute atomic E-state index is 0.336. The molecule has 0 aromatic carbocycles. The number of hydrogen-bond donors (Lipinski definition) is 1. The summed E-state index contributed by atoms with van der Waals surface area (Å²) in [6.45, 7) is 2.01. The van der Waals surface area contributed by atoms with Crippen LogP contribution in [0.25, 0.3) is 0 Å². The van der Waals surface area contributed by atoms with E-state index in [-0.39, 0.29) is 0 Å². The quantitative estimate of drug-likeness (QED) is 0.475. The molecule has 1 N–H and O–H groups in total. The van der Waals surface area contributed by atoms with E-state index in [1.54, 1.807) is 11.8 Å². The number of thioether (sulfide) groups is 1. The van der Waals surface area contributed by atoms with Crippen molar-refractivity contribution in [3.05, 3.63) is 0 Å². The third-order valence-corrected chi connectivity index (χ3v) is 1.71. The van der Waals surface area contributed by atoms with Crippen LogP contribution in [0.1, 0.15) is 13.3 Å². The fourth-order valence-corrected chi connectivity index (χ4v) is 1.07. The molecule has 0 rings (SSSR count). The molecule has 0 aromatic rings. The minimum Gasteiger partial charge on any atom is -0.321 e. The van der Waals surface area contributed by atoms with Crippen LogP contribution < -0.4 is 5.32 Å². The number of rotatable bonds is 4. The van der Waals surface area contributed by atoms with Crippen molar-refractivity contribution >= 4 is 11.8 Å². The van der Waals surface area contributed by atoms with Gasteiger partial charge in [0.2, 0.25) is 0 Å². The van der Waals surface area contributed by atoms with Crippen LogP contribution in [-0.4, -0.2) is 18.1 Å². The largest absolute Gasteiger partial charge is 0.321 e. The van der Waals surface area contributed by atoms with Crippen LogP contribution in [0, 0.1) is 11.5 Å². The van der Waals surface area contributed by atoms with E-state index in [0.29, 0.717) is 6.04 Å². The average Bonchev–Trinajstić information content (AvgIpc) is 1.85. The third-order valence-electron chi connectivity index (χ3n) is 1.07. The molecule has 3 heteroatoms. The van der Waals surface area contributed by atoms with E-state index < -0.39 is 0 Å². The highest BCUT2D eigenvalue weighted by atomic mass is 32.2. The summed E-state index contributed by atoms with van der Waals surface area (Å²) in [4.78, 5) is 0. The summed E-state index contributed by atoms with van der Waals surface area (Å²) in [5, 5.41) is 10.8. The first-order chi connectivity index (χ1) is 4.31. The van der Waals surface area contributed by atoms with Crippen LogP contribution in [0.4, 0.5) is 0 Å². The van der Waals surface area contributed by atoms with Gasteiger partial charge in [-0.25, -0.2) is 0 Å². The first kappa shape index (κ1) is 8.64. The summed E-state index contributed by atoms with van der Waals surface area (Å²) in [5.41, 5.74) is 0. The van der Waals surface area contributed by atoms with E-state index in [1.807, 2.05) is 13.1 Å². The van der Waals surface area contributed by atoms with Gasteiger partial charge in [-0.05, 0) is 25.4 Å². The molecule has 0 aliphatic rings. The molecule has 0 heterocycles. The second-order valence-corrected chi connectivity index (χ2v) is 2.92. The topological polar surface area (TPSA) is 35.8 Å². The molecule has 2 nitrogen and oxygen atoms in total. The zero-order valence-corrected chi connectivity index (χ0v) is 6.66. The Balaban J connectivity index is 3.08. The third kappa shape index (κ3) is 5.51. The van der Waals surface area contributed by atoms with Gasteiger partial charge in [-0.15, -0.1) is 0 Å². The first-order valence-electron chi connectivity index (χ1n) is 2.94. The van der Waals surface area contributed by atoms with Crippen molar-refractivity contribution in [3.63, 3.8) is 0 Å². The molecule has 0 aromatic heterocycles. The monoisotopic (exact) mass is 144 g/mol. The van der Waals surface area contributed by atoms with Crippen molar-refractivity contribution in [2.75, 3.05) is 12.0 Å². The molecule has 0 saturated carbocycles. The van der Waals surface area contributed by atoms with Gasteiger partial charge < -0.3 is 5.32 Å². The normalized spacial score (nSPS) is 12.1. The minimum atomic E-state index is 0.336. The lowest BCUT2D eigenvalue weighted by molar-refractivity contribution is 0.633. The first-order valence-corrected chi connectivity index (χ1v) is 4.34. The van der Waals surface area contributed by atoms with E-state index in [0.717, 1.165) is 12.2 Å². The lowest BCUT2D eigenvalue weighted by Crippen LogP contribution is -2.20. The zero-order valence-electron chi connectivity index (χ0n) is 5.85. The van der Waals surface area contributed by atoms with Crippen molar-refractivity contribution in [2.45, 2.75) is 19.4 Å². The molecule has 9 heavy (non-hydrogen) atoms. The summed E-state index contributed by atoms with van der Waals surface area (Å²) in [6, 6.07) is 0.336. The molecule has 0 bridgehead atoms. The number of nitrogens with zero attached hydrogens (tertiary/aromatic N) is 1. The smallest absolute Gasteiger partial charge is 0.176 e. The van der Waals surface area contributed by atoms with E-state index in [9.17, 15) is 0 Å². The van der Waals surface area contributed by atoms with E-state index >= 15 is 0 Å². The standard InChI is InChI=1S/C6H12N2S/c1-6(8-5-7)3-4-9-2/h6,8H,3-4H2,1-2H3. The predicted octanol–water partition coefficient (Wildman–Crippen LogP) is 1.20. The highest BCUT2D eigenvalue weighted by molar-refractivity contribution is 7.98. The van der Waals surface area contributed by atoms with Gasteiger partial charge in [-0.1, -0.05) is 0 Å². The number of hydrogen-bond acceptors (Lipinski definition) is 3. The van der Waals surface area contributed by atoms with Crippen molar-refractivity contribution in [1.29, 1.82) is 5.26 Å². The van der Waals surface area contributed by atoms with Gasteiger partial charge in [-0.3, -0.25) is 0 Å². The van der Waals surface area contributed by atoms with Crippen LogP contribution in [-0.2, 0) is 0 Å². The molecular formula is C6H12N2S. The molecule has 0 amide bonds. The fourth-order valence-electron chi connectivity index (χ4n) is 0.477. The fraction of sp³-hybridized carbons (Fsp3) is 0.833. The summed E-state index contributed by atoms with van der Waals surface area (Å²) < 4.78 is 0. The average molecular weight is 144 g/mol. The molecule has 52 valence electrons. The van der Waals surface area contributed by atoms with Crippen molar-refractivity contribution in [2.24, 2.45) is 0 Å². The predicted molar refractivity (Wildman–Crippen MR) is 41.2 cm³/mol. The molecule has 1 atom stereocenters. The summed E-state index contributed by atoms with van der Waals surface area (Å²) >= 11 is 1.81.